The SMILES string of the molecule is Cc1ccccc1CCNC(=O)c1cc(Br)ccc1I. The van der Waals surface area contributed by atoms with E-state index in [1.807, 2.05) is 30.3 Å². The Bertz CT molecular complexity index is 628. The van der Waals surface area contributed by atoms with E-state index in [9.17, 15) is 4.79 Å². The van der Waals surface area contributed by atoms with Gasteiger partial charge in [0.05, 0.1) is 5.56 Å². The minimum atomic E-state index is -0.0238. The van der Waals surface area contributed by atoms with E-state index in [0.29, 0.717) is 12.1 Å². The Hall–Kier alpha value is -0.880. The van der Waals surface area contributed by atoms with Crippen LogP contribution in [-0.2, 0) is 6.42 Å². The van der Waals surface area contributed by atoms with Crippen LogP contribution < -0.4 is 5.32 Å². The van der Waals surface area contributed by atoms with Gasteiger partial charge >= 0.3 is 0 Å². The second-order valence-electron chi connectivity index (χ2n) is 4.56. The van der Waals surface area contributed by atoms with E-state index < -0.39 is 0 Å². The Morgan fingerprint density at radius 1 is 1.25 bits per heavy atom. The second-order valence-corrected chi connectivity index (χ2v) is 6.63. The summed E-state index contributed by atoms with van der Waals surface area (Å²) in [4.78, 5) is 12.2. The van der Waals surface area contributed by atoms with E-state index >= 15 is 0 Å². The summed E-state index contributed by atoms with van der Waals surface area (Å²) in [6.45, 7) is 2.74. The quantitative estimate of drug-likeness (QED) is 0.700. The van der Waals surface area contributed by atoms with E-state index in [1.54, 1.807) is 0 Å². The van der Waals surface area contributed by atoms with Crippen LogP contribution in [0.15, 0.2) is 46.9 Å². The molecule has 4 heteroatoms. The van der Waals surface area contributed by atoms with E-state index in [4.69, 9.17) is 0 Å². The summed E-state index contributed by atoms with van der Waals surface area (Å²) in [5.74, 6) is -0.0238. The smallest absolute Gasteiger partial charge is 0.252 e. The number of carbonyl (C=O) groups excluding carboxylic acids is 1. The van der Waals surface area contributed by atoms with Crippen LogP contribution in [0.25, 0.3) is 0 Å². The van der Waals surface area contributed by atoms with Crippen molar-refractivity contribution in [3.63, 3.8) is 0 Å². The lowest BCUT2D eigenvalue weighted by Crippen LogP contribution is -2.26. The number of nitrogens with one attached hydrogen (secondary N) is 1. The van der Waals surface area contributed by atoms with Crippen LogP contribution in [0.4, 0.5) is 0 Å². The van der Waals surface area contributed by atoms with Crippen LogP contribution in [0.5, 0.6) is 0 Å². The highest BCUT2D eigenvalue weighted by Crippen LogP contribution is 2.18. The predicted molar refractivity (Wildman–Crippen MR) is 94.1 cm³/mol. The maximum Gasteiger partial charge on any atom is 0.252 e. The Morgan fingerprint density at radius 3 is 2.75 bits per heavy atom. The van der Waals surface area contributed by atoms with E-state index in [-0.39, 0.29) is 5.91 Å². The number of benzene rings is 2. The third-order valence-corrected chi connectivity index (χ3v) is 4.55. The third-order valence-electron chi connectivity index (χ3n) is 3.11. The standard InChI is InChI=1S/C16H15BrINO/c1-11-4-2-3-5-12(11)8-9-19-16(20)14-10-13(17)6-7-15(14)18/h2-7,10H,8-9H2,1H3,(H,19,20). The maximum absolute atomic E-state index is 12.2. The number of carbonyl (C=O) groups is 1. The van der Waals surface area contributed by atoms with Crippen LogP contribution >= 0.6 is 38.5 Å². The zero-order valence-electron chi connectivity index (χ0n) is 11.1. The molecule has 2 aromatic rings. The highest BCUT2D eigenvalue weighted by molar-refractivity contribution is 14.1. The van der Waals surface area contributed by atoms with Crippen molar-refractivity contribution in [3.05, 3.63) is 67.2 Å². The molecule has 2 rings (SSSR count). The third kappa shape index (κ3) is 4.06. The molecule has 0 aromatic heterocycles. The lowest BCUT2D eigenvalue weighted by atomic mass is 10.1. The molecule has 2 aromatic carbocycles. The summed E-state index contributed by atoms with van der Waals surface area (Å²) in [5, 5.41) is 2.98. The van der Waals surface area contributed by atoms with Crippen molar-refractivity contribution in [1.29, 1.82) is 0 Å². The molecule has 0 radical (unpaired) electrons. The van der Waals surface area contributed by atoms with Gasteiger partial charge in [-0.15, -0.1) is 0 Å². The Kier molecular flexibility index (Phi) is 5.60. The van der Waals surface area contributed by atoms with Gasteiger partial charge in [-0.1, -0.05) is 40.2 Å². The van der Waals surface area contributed by atoms with Crippen molar-refractivity contribution < 1.29 is 4.79 Å². The number of hydrogen-bond acceptors (Lipinski definition) is 1. The zero-order valence-corrected chi connectivity index (χ0v) is 14.9. The Morgan fingerprint density at radius 2 is 2.00 bits per heavy atom. The molecule has 0 bridgehead atoms. The largest absolute Gasteiger partial charge is 0.352 e. The molecular formula is C16H15BrINO. The maximum atomic E-state index is 12.2. The Balaban J connectivity index is 1.96. The van der Waals surface area contributed by atoms with Crippen LogP contribution in [0.2, 0.25) is 0 Å². The van der Waals surface area contributed by atoms with Gasteiger partial charge in [0, 0.05) is 14.6 Å². The average molecular weight is 444 g/mol. The predicted octanol–water partition coefficient (Wildman–Crippen LogP) is 4.33. The van der Waals surface area contributed by atoms with Crippen LogP contribution in [0.3, 0.4) is 0 Å². The lowest BCUT2D eigenvalue weighted by Gasteiger charge is -2.09. The number of rotatable bonds is 4. The van der Waals surface area contributed by atoms with Crippen molar-refractivity contribution in [3.8, 4) is 0 Å². The molecule has 0 aliphatic carbocycles. The second kappa shape index (κ2) is 7.22. The molecule has 2 nitrogen and oxygen atoms in total. The van der Waals surface area contributed by atoms with Gasteiger partial charge in [-0.05, 0) is 65.3 Å². The number of aryl methyl sites for hydroxylation is 1. The van der Waals surface area contributed by atoms with Crippen LogP contribution in [0, 0.1) is 10.5 Å². The molecule has 0 spiro atoms. The molecule has 0 fully saturated rings. The number of halogens is 2. The first-order chi connectivity index (χ1) is 9.58. The molecule has 0 heterocycles. The van der Waals surface area contributed by atoms with Gasteiger partial charge in [-0.3, -0.25) is 4.79 Å². The Labute approximate surface area is 141 Å². The summed E-state index contributed by atoms with van der Waals surface area (Å²) in [6, 6.07) is 14.0. The van der Waals surface area contributed by atoms with Gasteiger partial charge in [0.25, 0.3) is 5.91 Å². The van der Waals surface area contributed by atoms with Gasteiger partial charge in [0.2, 0.25) is 0 Å². The normalized spacial score (nSPS) is 10.3. The summed E-state index contributed by atoms with van der Waals surface area (Å²) in [6.07, 6.45) is 0.850. The molecule has 0 unspecified atom stereocenters. The number of amides is 1. The first-order valence-electron chi connectivity index (χ1n) is 6.35. The van der Waals surface area contributed by atoms with Gasteiger partial charge < -0.3 is 5.32 Å². The topological polar surface area (TPSA) is 29.1 Å². The van der Waals surface area contributed by atoms with Crippen molar-refractivity contribution in [2.75, 3.05) is 6.54 Å². The molecule has 20 heavy (non-hydrogen) atoms. The monoisotopic (exact) mass is 443 g/mol. The average Bonchev–Trinajstić information content (AvgIpc) is 2.43. The molecule has 0 saturated heterocycles. The van der Waals surface area contributed by atoms with E-state index in [1.165, 1.54) is 11.1 Å². The van der Waals surface area contributed by atoms with E-state index in [0.717, 1.165) is 14.5 Å². The van der Waals surface area contributed by atoms with Gasteiger partial charge in [-0.2, -0.15) is 0 Å². The first kappa shape index (κ1) is 15.5. The van der Waals surface area contributed by atoms with E-state index in [2.05, 4.69) is 62.9 Å². The van der Waals surface area contributed by atoms with Gasteiger partial charge in [0.15, 0.2) is 0 Å². The van der Waals surface area contributed by atoms with Crippen molar-refractivity contribution in [2.24, 2.45) is 0 Å². The summed E-state index contributed by atoms with van der Waals surface area (Å²) in [7, 11) is 0. The lowest BCUT2D eigenvalue weighted by molar-refractivity contribution is 0.0953. The van der Waals surface area contributed by atoms with Crippen molar-refractivity contribution >= 4 is 44.4 Å². The molecule has 104 valence electrons. The number of hydrogen-bond donors (Lipinski definition) is 1. The molecule has 1 N–H and O–H groups in total. The molecule has 0 atom stereocenters. The molecule has 0 saturated carbocycles. The van der Waals surface area contributed by atoms with Crippen LogP contribution in [0.1, 0.15) is 21.5 Å². The molecule has 0 aliphatic rings. The first-order valence-corrected chi connectivity index (χ1v) is 8.23. The molecular weight excluding hydrogens is 429 g/mol. The molecule has 0 aliphatic heterocycles. The van der Waals surface area contributed by atoms with Crippen molar-refractivity contribution in [1.82, 2.24) is 5.32 Å². The summed E-state index contributed by atoms with van der Waals surface area (Å²) in [5.41, 5.74) is 3.25. The fraction of sp³-hybridized carbons (Fsp3) is 0.188. The fourth-order valence-corrected chi connectivity index (χ4v) is 2.91. The molecule has 1 amide bonds. The summed E-state index contributed by atoms with van der Waals surface area (Å²) < 4.78 is 1.88. The van der Waals surface area contributed by atoms with Gasteiger partial charge in [0.1, 0.15) is 0 Å². The minimum absolute atomic E-state index is 0.0238. The van der Waals surface area contributed by atoms with Gasteiger partial charge in [-0.25, -0.2) is 0 Å². The van der Waals surface area contributed by atoms with Crippen LogP contribution in [-0.4, -0.2) is 12.5 Å². The minimum Gasteiger partial charge on any atom is -0.352 e. The van der Waals surface area contributed by atoms with Crippen molar-refractivity contribution in [2.45, 2.75) is 13.3 Å². The highest BCUT2D eigenvalue weighted by atomic mass is 127. The fourth-order valence-electron chi connectivity index (χ4n) is 1.97. The zero-order chi connectivity index (χ0) is 14.5. The summed E-state index contributed by atoms with van der Waals surface area (Å²) >= 11 is 5.57. The highest BCUT2D eigenvalue weighted by Gasteiger charge is 2.10.